The molecule has 0 atom stereocenters. The lowest BCUT2D eigenvalue weighted by atomic mass is 10.1. The second-order valence-corrected chi connectivity index (χ2v) is 7.29. The molecule has 30 heavy (non-hydrogen) atoms. The molecule has 0 spiro atoms. The van der Waals surface area contributed by atoms with Crippen molar-refractivity contribution in [2.24, 2.45) is 0 Å². The Morgan fingerprint density at radius 2 is 1.60 bits per heavy atom. The average Bonchev–Trinajstić information content (AvgIpc) is 2.98. The SMILES string of the molecule is COc1ccc(CNCc2c(C(=O)O)c(C)n(-c3ccc(C)cc3)c2C)cc1OC. The summed E-state index contributed by atoms with van der Waals surface area (Å²) in [5, 5.41) is 13.2. The number of carbonyl (C=O) groups is 1. The molecule has 0 unspecified atom stereocenters. The van der Waals surface area contributed by atoms with Gasteiger partial charge in [0.25, 0.3) is 0 Å². The fourth-order valence-electron chi connectivity index (χ4n) is 3.80. The van der Waals surface area contributed by atoms with Crippen molar-refractivity contribution in [1.29, 1.82) is 0 Å². The Morgan fingerprint density at radius 3 is 2.20 bits per heavy atom. The van der Waals surface area contributed by atoms with Crippen LogP contribution >= 0.6 is 0 Å². The number of nitrogens with one attached hydrogen (secondary N) is 1. The lowest BCUT2D eigenvalue weighted by Crippen LogP contribution is -2.15. The summed E-state index contributed by atoms with van der Waals surface area (Å²) in [6.07, 6.45) is 0. The molecular formula is C24H28N2O4. The van der Waals surface area contributed by atoms with Crippen molar-refractivity contribution in [3.05, 3.63) is 76.1 Å². The largest absolute Gasteiger partial charge is 0.493 e. The van der Waals surface area contributed by atoms with Gasteiger partial charge in [-0.15, -0.1) is 0 Å². The van der Waals surface area contributed by atoms with Gasteiger partial charge in [-0.25, -0.2) is 4.79 Å². The highest BCUT2D eigenvalue weighted by Gasteiger charge is 2.23. The van der Waals surface area contributed by atoms with Crippen molar-refractivity contribution in [3.63, 3.8) is 0 Å². The van der Waals surface area contributed by atoms with Crippen LogP contribution in [0, 0.1) is 20.8 Å². The van der Waals surface area contributed by atoms with Crippen molar-refractivity contribution in [1.82, 2.24) is 9.88 Å². The van der Waals surface area contributed by atoms with Crippen LogP contribution in [0.3, 0.4) is 0 Å². The average molecular weight is 408 g/mol. The minimum absolute atomic E-state index is 0.355. The van der Waals surface area contributed by atoms with Crippen LogP contribution in [0.1, 0.15) is 38.4 Å². The predicted octanol–water partition coefficient (Wildman–Crippen LogP) is 4.41. The maximum absolute atomic E-state index is 12.0. The zero-order chi connectivity index (χ0) is 21.8. The maximum atomic E-state index is 12.0. The topological polar surface area (TPSA) is 72.7 Å². The summed E-state index contributed by atoms with van der Waals surface area (Å²) in [5.74, 6) is 0.431. The molecule has 0 aliphatic rings. The Bertz CT molecular complexity index is 1050. The zero-order valence-corrected chi connectivity index (χ0v) is 18.1. The summed E-state index contributed by atoms with van der Waals surface area (Å²) in [4.78, 5) is 12.0. The van der Waals surface area contributed by atoms with E-state index in [0.717, 1.165) is 33.8 Å². The summed E-state index contributed by atoms with van der Waals surface area (Å²) in [5.41, 5.74) is 5.95. The van der Waals surface area contributed by atoms with Crippen LogP contribution in [0.2, 0.25) is 0 Å². The highest BCUT2D eigenvalue weighted by molar-refractivity contribution is 5.91. The number of aromatic nitrogens is 1. The molecular weight excluding hydrogens is 380 g/mol. The molecule has 1 heterocycles. The minimum atomic E-state index is -0.913. The van der Waals surface area contributed by atoms with Gasteiger partial charge in [0.1, 0.15) is 0 Å². The van der Waals surface area contributed by atoms with Gasteiger partial charge in [-0.2, -0.15) is 0 Å². The highest BCUT2D eigenvalue weighted by Crippen LogP contribution is 2.29. The molecule has 0 saturated heterocycles. The van der Waals surface area contributed by atoms with Crippen molar-refractivity contribution in [3.8, 4) is 17.2 Å². The molecule has 0 aliphatic carbocycles. The fraction of sp³-hybridized carbons (Fsp3) is 0.292. The van der Waals surface area contributed by atoms with Crippen molar-refractivity contribution in [2.45, 2.75) is 33.9 Å². The molecule has 0 saturated carbocycles. The molecule has 158 valence electrons. The summed E-state index contributed by atoms with van der Waals surface area (Å²) in [6.45, 7) is 6.88. The van der Waals surface area contributed by atoms with E-state index in [1.807, 2.05) is 67.8 Å². The van der Waals surface area contributed by atoms with E-state index in [1.165, 1.54) is 0 Å². The molecule has 3 aromatic rings. The molecule has 0 fully saturated rings. The van der Waals surface area contributed by atoms with Crippen molar-refractivity contribution in [2.75, 3.05) is 14.2 Å². The van der Waals surface area contributed by atoms with Crippen LogP contribution in [0.25, 0.3) is 5.69 Å². The Labute approximate surface area is 177 Å². The number of carboxylic acid groups (broad SMARTS) is 1. The first-order valence-electron chi connectivity index (χ1n) is 9.80. The first-order valence-corrected chi connectivity index (χ1v) is 9.80. The number of hydrogen-bond donors (Lipinski definition) is 2. The third kappa shape index (κ3) is 4.19. The van der Waals surface area contributed by atoms with E-state index < -0.39 is 5.97 Å². The number of rotatable bonds is 8. The number of carboxylic acids is 1. The zero-order valence-electron chi connectivity index (χ0n) is 18.1. The molecule has 2 aromatic carbocycles. The van der Waals surface area contributed by atoms with E-state index in [1.54, 1.807) is 14.2 Å². The summed E-state index contributed by atoms with van der Waals surface area (Å²) in [7, 11) is 3.21. The number of aryl methyl sites for hydroxylation is 1. The van der Waals surface area contributed by atoms with E-state index in [4.69, 9.17) is 9.47 Å². The van der Waals surface area contributed by atoms with E-state index in [9.17, 15) is 9.90 Å². The van der Waals surface area contributed by atoms with E-state index in [0.29, 0.717) is 30.2 Å². The van der Waals surface area contributed by atoms with E-state index in [2.05, 4.69) is 5.32 Å². The van der Waals surface area contributed by atoms with Gasteiger partial charge in [-0.05, 0) is 50.6 Å². The van der Waals surface area contributed by atoms with Gasteiger partial charge in [0.2, 0.25) is 0 Å². The Balaban J connectivity index is 1.86. The van der Waals surface area contributed by atoms with Crippen LogP contribution in [-0.2, 0) is 13.1 Å². The number of ether oxygens (including phenoxy) is 2. The van der Waals surface area contributed by atoms with Crippen LogP contribution in [0.4, 0.5) is 0 Å². The first kappa shape index (κ1) is 21.5. The lowest BCUT2D eigenvalue weighted by Gasteiger charge is -2.11. The quantitative estimate of drug-likeness (QED) is 0.578. The summed E-state index contributed by atoms with van der Waals surface area (Å²) in [6, 6.07) is 13.8. The Morgan fingerprint density at radius 1 is 0.933 bits per heavy atom. The molecule has 0 bridgehead atoms. The van der Waals surface area contributed by atoms with Crippen LogP contribution in [0.15, 0.2) is 42.5 Å². The van der Waals surface area contributed by atoms with Gasteiger partial charge in [0.05, 0.1) is 19.8 Å². The lowest BCUT2D eigenvalue weighted by molar-refractivity contribution is 0.0695. The van der Waals surface area contributed by atoms with Gasteiger partial charge in [0, 0.05) is 35.7 Å². The fourth-order valence-corrected chi connectivity index (χ4v) is 3.80. The Kier molecular flexibility index (Phi) is 6.47. The molecule has 6 heteroatoms. The van der Waals surface area contributed by atoms with Crippen molar-refractivity contribution < 1.29 is 19.4 Å². The van der Waals surface area contributed by atoms with Gasteiger partial charge in [-0.1, -0.05) is 23.8 Å². The third-order valence-electron chi connectivity index (χ3n) is 5.36. The summed E-state index contributed by atoms with van der Waals surface area (Å²) < 4.78 is 12.6. The Hall–Kier alpha value is -3.25. The molecule has 1 aromatic heterocycles. The molecule has 0 aliphatic heterocycles. The minimum Gasteiger partial charge on any atom is -0.493 e. The third-order valence-corrected chi connectivity index (χ3v) is 5.36. The van der Waals surface area contributed by atoms with E-state index in [-0.39, 0.29) is 0 Å². The molecule has 2 N–H and O–H groups in total. The number of aromatic carboxylic acids is 1. The maximum Gasteiger partial charge on any atom is 0.337 e. The monoisotopic (exact) mass is 408 g/mol. The van der Waals surface area contributed by atoms with Crippen LogP contribution in [0.5, 0.6) is 11.5 Å². The second kappa shape index (κ2) is 9.05. The second-order valence-electron chi connectivity index (χ2n) is 7.29. The van der Waals surface area contributed by atoms with E-state index >= 15 is 0 Å². The van der Waals surface area contributed by atoms with Gasteiger partial charge in [-0.3, -0.25) is 0 Å². The summed E-state index contributed by atoms with van der Waals surface area (Å²) >= 11 is 0. The number of hydrogen-bond acceptors (Lipinski definition) is 4. The smallest absolute Gasteiger partial charge is 0.337 e. The number of methoxy groups -OCH3 is 2. The van der Waals surface area contributed by atoms with Gasteiger partial charge in [0.15, 0.2) is 11.5 Å². The standard InChI is InChI=1S/C24H28N2O4/c1-15-6-9-19(10-7-15)26-16(2)20(23(17(26)3)24(27)28)14-25-13-18-8-11-21(29-4)22(12-18)30-5/h6-12,25H,13-14H2,1-5H3,(H,27,28). The highest BCUT2D eigenvalue weighted by atomic mass is 16.5. The van der Waals surface area contributed by atoms with Crippen molar-refractivity contribution >= 4 is 5.97 Å². The molecule has 3 rings (SSSR count). The number of nitrogens with zero attached hydrogens (tertiary/aromatic N) is 1. The van der Waals surface area contributed by atoms with Crippen LogP contribution < -0.4 is 14.8 Å². The molecule has 6 nitrogen and oxygen atoms in total. The predicted molar refractivity (Wildman–Crippen MR) is 117 cm³/mol. The van der Waals surface area contributed by atoms with Gasteiger partial charge < -0.3 is 24.5 Å². The normalized spacial score (nSPS) is 10.8. The first-order chi connectivity index (χ1) is 14.4. The molecule has 0 amide bonds. The molecule has 0 radical (unpaired) electrons. The van der Waals surface area contributed by atoms with Crippen LogP contribution in [-0.4, -0.2) is 29.9 Å². The van der Waals surface area contributed by atoms with Gasteiger partial charge >= 0.3 is 5.97 Å². The number of benzene rings is 2.